The topological polar surface area (TPSA) is 165 Å². The van der Waals surface area contributed by atoms with E-state index in [2.05, 4.69) is 0 Å². The van der Waals surface area contributed by atoms with E-state index in [4.69, 9.17) is 23.4 Å². The van der Waals surface area contributed by atoms with Crippen molar-refractivity contribution in [3.63, 3.8) is 0 Å². The minimum absolute atomic E-state index is 0.0334. The standard InChI is InChI=1S/C24H24O11/c1-10-20(33-11(2)25)22(31-3)19(30)24(32-10)35-23-18(29)17-15(28)8-14(27)9-16(17)34-21(23)12-4-6-13(26)7-5-12/h4-10,19-20,22,24,26-28,30H,1-3H3. The van der Waals surface area contributed by atoms with E-state index < -0.39 is 53.6 Å². The van der Waals surface area contributed by atoms with Crippen LogP contribution in [0, 0.1) is 0 Å². The van der Waals surface area contributed by atoms with Crippen molar-refractivity contribution in [3.05, 3.63) is 46.6 Å². The summed E-state index contributed by atoms with van der Waals surface area (Å²) in [7, 11) is 1.32. The predicted molar refractivity (Wildman–Crippen MR) is 120 cm³/mol. The fourth-order valence-corrected chi connectivity index (χ4v) is 4.01. The second-order valence-electron chi connectivity index (χ2n) is 8.07. The molecule has 186 valence electrons. The Bertz CT molecular complexity index is 1300. The van der Waals surface area contributed by atoms with Gasteiger partial charge in [-0.25, -0.2) is 0 Å². The number of hydrogen-bond acceptors (Lipinski definition) is 11. The Morgan fingerprint density at radius 1 is 1.03 bits per heavy atom. The Kier molecular flexibility index (Phi) is 6.57. The number of aromatic hydroxyl groups is 3. The van der Waals surface area contributed by atoms with E-state index >= 15 is 0 Å². The van der Waals surface area contributed by atoms with Crippen LogP contribution in [0.2, 0.25) is 0 Å². The van der Waals surface area contributed by atoms with Crippen LogP contribution in [0.5, 0.6) is 23.0 Å². The van der Waals surface area contributed by atoms with Gasteiger partial charge in [0.1, 0.15) is 40.4 Å². The summed E-state index contributed by atoms with van der Waals surface area (Å²) >= 11 is 0. The number of hydrogen-bond donors (Lipinski definition) is 4. The van der Waals surface area contributed by atoms with Crippen LogP contribution in [-0.4, -0.2) is 64.2 Å². The third kappa shape index (κ3) is 4.61. The van der Waals surface area contributed by atoms with Gasteiger partial charge in [0.15, 0.2) is 11.9 Å². The fourth-order valence-electron chi connectivity index (χ4n) is 4.01. The molecule has 0 saturated carbocycles. The van der Waals surface area contributed by atoms with Crippen molar-refractivity contribution in [1.29, 1.82) is 0 Å². The Balaban J connectivity index is 1.83. The van der Waals surface area contributed by atoms with E-state index in [1.54, 1.807) is 6.92 Å². The van der Waals surface area contributed by atoms with Crippen LogP contribution in [0.3, 0.4) is 0 Å². The Morgan fingerprint density at radius 3 is 2.34 bits per heavy atom. The number of carbonyl (C=O) groups is 1. The summed E-state index contributed by atoms with van der Waals surface area (Å²) in [6.45, 7) is 2.79. The minimum Gasteiger partial charge on any atom is -0.508 e. The first kappa shape index (κ1) is 24.3. The summed E-state index contributed by atoms with van der Waals surface area (Å²) in [5.41, 5.74) is -0.600. The van der Waals surface area contributed by atoms with Crippen molar-refractivity contribution in [2.45, 2.75) is 44.6 Å². The summed E-state index contributed by atoms with van der Waals surface area (Å²) in [6, 6.07) is 7.78. The molecule has 11 heteroatoms. The van der Waals surface area contributed by atoms with Crippen molar-refractivity contribution in [2.24, 2.45) is 0 Å². The molecule has 4 rings (SSSR count). The maximum atomic E-state index is 13.4. The fraction of sp³-hybridized carbons (Fsp3) is 0.333. The van der Waals surface area contributed by atoms with Crippen molar-refractivity contribution in [3.8, 4) is 34.3 Å². The Hall–Kier alpha value is -3.80. The second-order valence-corrected chi connectivity index (χ2v) is 8.07. The molecule has 0 radical (unpaired) electrons. The number of methoxy groups -OCH3 is 1. The van der Waals surface area contributed by atoms with E-state index in [1.165, 1.54) is 38.3 Å². The number of phenolic OH excluding ortho intramolecular Hbond substituents is 3. The van der Waals surface area contributed by atoms with Gasteiger partial charge in [-0.2, -0.15) is 0 Å². The molecule has 35 heavy (non-hydrogen) atoms. The Labute approximate surface area is 198 Å². The minimum atomic E-state index is -1.49. The van der Waals surface area contributed by atoms with Crippen LogP contribution >= 0.6 is 0 Å². The first-order valence-corrected chi connectivity index (χ1v) is 10.6. The summed E-state index contributed by atoms with van der Waals surface area (Å²) in [6.07, 6.45) is -5.70. The summed E-state index contributed by atoms with van der Waals surface area (Å²) < 4.78 is 27.9. The number of benzene rings is 2. The number of fused-ring (bicyclic) bond motifs is 1. The zero-order chi connectivity index (χ0) is 25.4. The van der Waals surface area contributed by atoms with Crippen LogP contribution in [0.4, 0.5) is 0 Å². The highest BCUT2D eigenvalue weighted by Crippen LogP contribution is 2.37. The van der Waals surface area contributed by atoms with Crippen molar-refractivity contribution >= 4 is 16.9 Å². The van der Waals surface area contributed by atoms with Gasteiger partial charge < -0.3 is 43.8 Å². The first-order valence-electron chi connectivity index (χ1n) is 10.6. The number of rotatable bonds is 5. The lowest BCUT2D eigenvalue weighted by Crippen LogP contribution is -2.60. The molecule has 4 N–H and O–H groups in total. The molecule has 1 fully saturated rings. The maximum absolute atomic E-state index is 13.4. The monoisotopic (exact) mass is 488 g/mol. The second kappa shape index (κ2) is 9.45. The summed E-state index contributed by atoms with van der Waals surface area (Å²) in [4.78, 5) is 24.9. The van der Waals surface area contributed by atoms with Gasteiger partial charge in [-0.3, -0.25) is 9.59 Å². The van der Waals surface area contributed by atoms with Gasteiger partial charge in [-0.15, -0.1) is 0 Å². The quantitative estimate of drug-likeness (QED) is 0.388. The molecule has 5 unspecified atom stereocenters. The molecule has 2 aromatic carbocycles. The molecule has 11 nitrogen and oxygen atoms in total. The Morgan fingerprint density at radius 2 is 1.71 bits per heavy atom. The van der Waals surface area contributed by atoms with Gasteiger partial charge in [-0.05, 0) is 31.2 Å². The lowest BCUT2D eigenvalue weighted by atomic mass is 9.99. The highest BCUT2D eigenvalue weighted by molar-refractivity contribution is 5.88. The summed E-state index contributed by atoms with van der Waals surface area (Å²) in [5, 5.41) is 40.4. The number of carbonyl (C=O) groups excluding carboxylic acids is 1. The third-order valence-electron chi connectivity index (χ3n) is 5.61. The van der Waals surface area contributed by atoms with Crippen molar-refractivity contribution < 1.29 is 48.6 Å². The van der Waals surface area contributed by atoms with Crippen LogP contribution < -0.4 is 10.2 Å². The number of aliphatic hydroxyl groups is 1. The van der Waals surface area contributed by atoms with Gasteiger partial charge in [0.2, 0.25) is 17.5 Å². The van der Waals surface area contributed by atoms with Crippen molar-refractivity contribution in [2.75, 3.05) is 7.11 Å². The lowest BCUT2D eigenvalue weighted by Gasteiger charge is -2.41. The highest BCUT2D eigenvalue weighted by Gasteiger charge is 2.47. The van der Waals surface area contributed by atoms with E-state index in [-0.39, 0.29) is 28.2 Å². The molecule has 1 aromatic heterocycles. The number of aliphatic hydroxyl groups excluding tert-OH is 1. The van der Waals surface area contributed by atoms with Crippen LogP contribution in [0.25, 0.3) is 22.3 Å². The van der Waals surface area contributed by atoms with E-state index in [0.29, 0.717) is 5.56 Å². The average Bonchev–Trinajstić information content (AvgIpc) is 2.78. The molecular weight excluding hydrogens is 464 g/mol. The van der Waals surface area contributed by atoms with Crippen LogP contribution in [0.1, 0.15) is 13.8 Å². The molecule has 1 aliphatic heterocycles. The SMILES string of the molecule is COC1C(O)C(Oc2c(-c3ccc(O)cc3)oc3cc(O)cc(O)c3c2=O)OC(C)C1OC(C)=O. The molecular formula is C24H24O11. The molecule has 1 saturated heterocycles. The molecule has 0 aliphatic carbocycles. The van der Waals surface area contributed by atoms with Crippen molar-refractivity contribution in [1.82, 2.24) is 0 Å². The first-order chi connectivity index (χ1) is 16.6. The van der Waals surface area contributed by atoms with Crippen LogP contribution in [0.15, 0.2) is 45.6 Å². The van der Waals surface area contributed by atoms with Gasteiger partial charge in [-0.1, -0.05) is 0 Å². The van der Waals surface area contributed by atoms with E-state index in [0.717, 1.165) is 12.1 Å². The lowest BCUT2D eigenvalue weighted by molar-refractivity contribution is -0.276. The number of phenols is 3. The molecule has 5 atom stereocenters. The molecule has 2 heterocycles. The average molecular weight is 488 g/mol. The van der Waals surface area contributed by atoms with Gasteiger partial charge in [0.05, 0.1) is 6.10 Å². The zero-order valence-corrected chi connectivity index (χ0v) is 19.0. The molecule has 0 amide bonds. The molecule has 3 aromatic rings. The smallest absolute Gasteiger partial charge is 0.303 e. The van der Waals surface area contributed by atoms with Gasteiger partial charge in [0, 0.05) is 31.7 Å². The largest absolute Gasteiger partial charge is 0.508 e. The van der Waals surface area contributed by atoms with Gasteiger partial charge in [0.25, 0.3) is 0 Å². The van der Waals surface area contributed by atoms with Gasteiger partial charge >= 0.3 is 5.97 Å². The normalized spacial score (nSPS) is 24.3. The molecule has 1 aliphatic rings. The number of esters is 1. The third-order valence-corrected chi connectivity index (χ3v) is 5.61. The van der Waals surface area contributed by atoms with Crippen LogP contribution in [-0.2, 0) is 19.0 Å². The molecule has 0 bridgehead atoms. The predicted octanol–water partition coefficient (Wildman–Crippen LogP) is 2.01. The zero-order valence-electron chi connectivity index (χ0n) is 19.0. The van der Waals surface area contributed by atoms with E-state index in [1.807, 2.05) is 0 Å². The summed E-state index contributed by atoms with van der Waals surface area (Å²) in [5.74, 6) is -2.01. The maximum Gasteiger partial charge on any atom is 0.303 e. The van der Waals surface area contributed by atoms with E-state index in [9.17, 15) is 30.0 Å². The highest BCUT2D eigenvalue weighted by atomic mass is 16.7. The number of ether oxygens (including phenoxy) is 4. The molecule has 0 spiro atoms.